The van der Waals surface area contributed by atoms with Crippen molar-refractivity contribution in [2.75, 3.05) is 5.75 Å². The highest BCUT2D eigenvalue weighted by molar-refractivity contribution is 7.99. The van der Waals surface area contributed by atoms with Gasteiger partial charge in [-0.3, -0.25) is 9.36 Å². The first kappa shape index (κ1) is 17.0. The van der Waals surface area contributed by atoms with E-state index in [4.69, 9.17) is 5.11 Å². The highest BCUT2D eigenvalue weighted by Crippen LogP contribution is 2.36. The van der Waals surface area contributed by atoms with Crippen LogP contribution >= 0.6 is 11.8 Å². The molecule has 0 spiro atoms. The predicted octanol–water partition coefficient (Wildman–Crippen LogP) is 4.11. The average Bonchev–Trinajstić information content (AvgIpc) is 3.04. The summed E-state index contributed by atoms with van der Waals surface area (Å²) in [5.41, 5.74) is 1.19. The molecule has 1 fully saturated rings. The molecule has 0 bridgehead atoms. The van der Waals surface area contributed by atoms with Crippen molar-refractivity contribution >= 4 is 17.7 Å². The van der Waals surface area contributed by atoms with Crippen LogP contribution in [0.2, 0.25) is 0 Å². The minimum Gasteiger partial charge on any atom is -0.481 e. The van der Waals surface area contributed by atoms with Gasteiger partial charge in [-0.1, -0.05) is 61.4 Å². The van der Waals surface area contributed by atoms with E-state index in [1.807, 2.05) is 18.2 Å². The van der Waals surface area contributed by atoms with Crippen LogP contribution in [-0.2, 0) is 4.79 Å². The summed E-state index contributed by atoms with van der Waals surface area (Å²) in [6, 6.07) is 10.3. The van der Waals surface area contributed by atoms with Gasteiger partial charge in [-0.25, -0.2) is 0 Å². The molecule has 0 aliphatic heterocycles. The minimum absolute atomic E-state index is 0.00428. The van der Waals surface area contributed by atoms with E-state index in [0.717, 1.165) is 18.7 Å². The van der Waals surface area contributed by atoms with Crippen LogP contribution in [0.4, 0.5) is 0 Å². The SMILES string of the molecule is C[C@H](c1ccccc1)n1c(SCC(=O)O)nnc1C1CCCCC1. The fraction of sp³-hybridized carbons (Fsp3) is 0.500. The monoisotopic (exact) mass is 345 g/mol. The first-order valence-electron chi connectivity index (χ1n) is 8.51. The Labute approximate surface area is 146 Å². The van der Waals surface area contributed by atoms with Crippen molar-refractivity contribution < 1.29 is 9.90 Å². The lowest BCUT2D eigenvalue weighted by molar-refractivity contribution is -0.133. The molecule has 0 radical (unpaired) electrons. The third kappa shape index (κ3) is 3.80. The van der Waals surface area contributed by atoms with Crippen molar-refractivity contribution in [3.8, 4) is 0 Å². The van der Waals surface area contributed by atoms with E-state index in [-0.39, 0.29) is 11.8 Å². The molecule has 1 heterocycles. The zero-order valence-electron chi connectivity index (χ0n) is 13.9. The molecule has 128 valence electrons. The lowest BCUT2D eigenvalue weighted by Gasteiger charge is -2.25. The summed E-state index contributed by atoms with van der Waals surface area (Å²) in [4.78, 5) is 11.0. The van der Waals surface area contributed by atoms with Gasteiger partial charge in [0.2, 0.25) is 0 Å². The zero-order chi connectivity index (χ0) is 16.9. The molecule has 1 aliphatic carbocycles. The number of carboxylic acids is 1. The normalized spacial score (nSPS) is 16.9. The Hall–Kier alpha value is -1.82. The molecule has 0 amide bonds. The third-order valence-corrected chi connectivity index (χ3v) is 5.58. The van der Waals surface area contributed by atoms with Gasteiger partial charge in [0, 0.05) is 5.92 Å². The van der Waals surface area contributed by atoms with Crippen LogP contribution in [-0.4, -0.2) is 31.6 Å². The molecule has 1 aromatic heterocycles. The maximum Gasteiger partial charge on any atom is 0.313 e. The van der Waals surface area contributed by atoms with E-state index >= 15 is 0 Å². The van der Waals surface area contributed by atoms with Crippen molar-refractivity contribution in [2.24, 2.45) is 0 Å². The molecule has 3 rings (SSSR count). The van der Waals surface area contributed by atoms with E-state index in [9.17, 15) is 4.79 Å². The van der Waals surface area contributed by atoms with E-state index < -0.39 is 5.97 Å². The number of aromatic nitrogens is 3. The van der Waals surface area contributed by atoms with Crippen LogP contribution in [0, 0.1) is 0 Å². The number of hydrogen-bond acceptors (Lipinski definition) is 4. The van der Waals surface area contributed by atoms with Crippen LogP contribution in [0.3, 0.4) is 0 Å². The summed E-state index contributed by atoms with van der Waals surface area (Å²) in [7, 11) is 0. The summed E-state index contributed by atoms with van der Waals surface area (Å²) in [5.74, 6) is 0.612. The van der Waals surface area contributed by atoms with Crippen LogP contribution in [0.25, 0.3) is 0 Å². The summed E-state index contributed by atoms with van der Waals surface area (Å²) >= 11 is 1.25. The Bertz CT molecular complexity index is 681. The molecule has 1 N–H and O–H groups in total. The Morgan fingerprint density at radius 2 is 1.96 bits per heavy atom. The van der Waals surface area contributed by atoms with Gasteiger partial charge in [0.15, 0.2) is 5.16 Å². The number of carboxylic acid groups (broad SMARTS) is 1. The topological polar surface area (TPSA) is 68.0 Å². The van der Waals surface area contributed by atoms with Crippen LogP contribution in [0.15, 0.2) is 35.5 Å². The Balaban J connectivity index is 1.95. The van der Waals surface area contributed by atoms with Gasteiger partial charge in [-0.05, 0) is 25.3 Å². The summed E-state index contributed by atoms with van der Waals surface area (Å²) in [6.45, 7) is 2.13. The summed E-state index contributed by atoms with van der Waals surface area (Å²) < 4.78 is 2.15. The van der Waals surface area contributed by atoms with Crippen LogP contribution < -0.4 is 0 Å². The van der Waals surface area contributed by atoms with E-state index in [1.54, 1.807) is 0 Å². The highest BCUT2D eigenvalue weighted by Gasteiger charge is 2.26. The number of nitrogens with zero attached hydrogens (tertiary/aromatic N) is 3. The largest absolute Gasteiger partial charge is 0.481 e. The minimum atomic E-state index is -0.832. The Kier molecular flexibility index (Phi) is 5.56. The fourth-order valence-electron chi connectivity index (χ4n) is 3.40. The standard InChI is InChI=1S/C18H23N3O2S/c1-13(14-8-4-2-5-9-14)21-17(15-10-6-3-7-11-15)19-20-18(21)24-12-16(22)23/h2,4-5,8-9,13,15H,3,6-7,10-12H2,1H3,(H,22,23)/t13-/m1/s1. The molecule has 2 aromatic rings. The van der Waals surface area contributed by atoms with Gasteiger partial charge >= 0.3 is 5.97 Å². The van der Waals surface area contributed by atoms with Crippen molar-refractivity contribution in [3.05, 3.63) is 41.7 Å². The number of rotatable bonds is 6. The summed E-state index contributed by atoms with van der Waals surface area (Å²) in [6.07, 6.45) is 6.04. The van der Waals surface area contributed by atoms with Crippen molar-refractivity contribution in [3.63, 3.8) is 0 Å². The quantitative estimate of drug-likeness (QED) is 0.798. The number of carbonyl (C=O) groups is 1. The van der Waals surface area contributed by atoms with E-state index in [2.05, 4.69) is 33.8 Å². The molecule has 1 aliphatic rings. The fourth-order valence-corrected chi connectivity index (χ4v) is 4.14. The molecule has 6 heteroatoms. The summed E-state index contributed by atoms with van der Waals surface area (Å²) in [5, 5.41) is 18.5. The van der Waals surface area contributed by atoms with Gasteiger partial charge < -0.3 is 5.11 Å². The molecule has 1 saturated carbocycles. The lowest BCUT2D eigenvalue weighted by Crippen LogP contribution is -2.17. The molecular formula is C18H23N3O2S. The molecular weight excluding hydrogens is 322 g/mol. The lowest BCUT2D eigenvalue weighted by atomic mass is 9.88. The first-order chi connectivity index (χ1) is 11.7. The van der Waals surface area contributed by atoms with Gasteiger partial charge in [0.1, 0.15) is 5.82 Å². The van der Waals surface area contributed by atoms with Crippen molar-refractivity contribution in [1.29, 1.82) is 0 Å². The van der Waals surface area contributed by atoms with Crippen LogP contribution in [0.1, 0.15) is 62.4 Å². The zero-order valence-corrected chi connectivity index (χ0v) is 14.7. The second kappa shape index (κ2) is 7.83. The Morgan fingerprint density at radius 1 is 1.25 bits per heavy atom. The molecule has 5 nitrogen and oxygen atoms in total. The number of benzene rings is 1. The van der Waals surface area contributed by atoms with Gasteiger partial charge in [0.25, 0.3) is 0 Å². The van der Waals surface area contributed by atoms with E-state index in [1.165, 1.54) is 36.6 Å². The first-order valence-corrected chi connectivity index (χ1v) is 9.49. The van der Waals surface area contributed by atoms with E-state index in [0.29, 0.717) is 11.1 Å². The molecule has 0 unspecified atom stereocenters. The number of aliphatic carboxylic acids is 1. The maximum absolute atomic E-state index is 11.0. The van der Waals surface area contributed by atoms with Crippen molar-refractivity contribution in [1.82, 2.24) is 14.8 Å². The number of thioether (sulfide) groups is 1. The maximum atomic E-state index is 11.0. The second-order valence-electron chi connectivity index (χ2n) is 6.31. The van der Waals surface area contributed by atoms with Crippen molar-refractivity contribution in [2.45, 2.75) is 56.1 Å². The molecule has 24 heavy (non-hydrogen) atoms. The van der Waals surface area contributed by atoms with Gasteiger partial charge in [-0.15, -0.1) is 10.2 Å². The van der Waals surface area contributed by atoms with Gasteiger partial charge in [-0.2, -0.15) is 0 Å². The third-order valence-electron chi connectivity index (χ3n) is 4.66. The van der Waals surface area contributed by atoms with Crippen LogP contribution in [0.5, 0.6) is 0 Å². The molecule has 1 aromatic carbocycles. The molecule has 0 saturated heterocycles. The smallest absolute Gasteiger partial charge is 0.313 e. The average molecular weight is 345 g/mol. The predicted molar refractivity (Wildman–Crippen MR) is 94.5 cm³/mol. The highest BCUT2D eigenvalue weighted by atomic mass is 32.2. The Morgan fingerprint density at radius 3 is 2.62 bits per heavy atom. The molecule has 1 atom stereocenters. The second-order valence-corrected chi connectivity index (χ2v) is 7.26. The number of hydrogen-bond donors (Lipinski definition) is 1. The van der Waals surface area contributed by atoms with Gasteiger partial charge in [0.05, 0.1) is 11.8 Å².